The lowest BCUT2D eigenvalue weighted by molar-refractivity contribution is 0.0696. The van der Waals surface area contributed by atoms with E-state index in [1.807, 2.05) is 44.2 Å². The highest BCUT2D eigenvalue weighted by atomic mass is 32.2. The summed E-state index contributed by atoms with van der Waals surface area (Å²) in [6, 6.07) is 16.3. The quantitative estimate of drug-likeness (QED) is 0.176. The molecule has 1 saturated heterocycles. The minimum Gasteiger partial charge on any atom is -0.445 e. The Labute approximate surface area is 279 Å². The Morgan fingerprint density at radius 3 is 2.43 bits per heavy atom. The second-order valence-corrected chi connectivity index (χ2v) is 20.6. The van der Waals surface area contributed by atoms with Crippen LogP contribution in [0, 0.1) is 6.92 Å². The molecule has 10 nitrogen and oxygen atoms in total. The van der Waals surface area contributed by atoms with Crippen LogP contribution in [0.5, 0.6) is 0 Å². The van der Waals surface area contributed by atoms with Gasteiger partial charge < -0.3 is 19.4 Å². The number of aryl methyl sites for hydroxylation is 1. The number of carbonyl (C=O) groups excluding carboxylic acids is 1. The molecular formula is C35H47N5O5SSi. The summed E-state index contributed by atoms with van der Waals surface area (Å²) in [5.74, 6) is 0.535. The summed E-state index contributed by atoms with van der Waals surface area (Å²) in [7, 11) is -5.99. The first kappa shape index (κ1) is 34.6. The normalized spacial score (nSPS) is 17.6. The maximum absolute atomic E-state index is 14.0. The van der Waals surface area contributed by atoms with Crippen LogP contribution >= 0.6 is 0 Å². The molecule has 252 valence electrons. The van der Waals surface area contributed by atoms with E-state index in [1.54, 1.807) is 35.4 Å². The van der Waals surface area contributed by atoms with Crippen molar-refractivity contribution in [1.82, 2.24) is 18.8 Å². The van der Waals surface area contributed by atoms with Crippen molar-refractivity contribution in [3.63, 3.8) is 0 Å². The number of benzene rings is 2. The standard InChI is InChI=1S/C35H47N5O5SSi/c1-25-13-17-30(18-14-25)46(42,43)40-21-28(19-20-45-47(6,7)35(3,4)5)31-32(36-24-37-33(31)40)38-29-16-15-26(2)39(22-29)34(41)44-23-27-11-9-8-10-12-27/h8-14,17-18,21,24,26,29H,15-16,19-20,22-23H2,1-7H3,(H,36,37,38)/t26-,29+/m0/s1. The number of likely N-dealkylation sites (tertiary alicyclic amines) is 1. The first-order valence-corrected chi connectivity index (χ1v) is 20.6. The summed E-state index contributed by atoms with van der Waals surface area (Å²) < 4.78 is 41.3. The average Bonchev–Trinajstić information content (AvgIpc) is 3.41. The molecule has 1 fully saturated rings. The Kier molecular flexibility index (Phi) is 10.1. The van der Waals surface area contributed by atoms with Gasteiger partial charge in [-0.1, -0.05) is 68.8 Å². The van der Waals surface area contributed by atoms with Gasteiger partial charge in [0.2, 0.25) is 0 Å². The number of fused-ring (bicyclic) bond motifs is 1. The van der Waals surface area contributed by atoms with Gasteiger partial charge >= 0.3 is 6.09 Å². The van der Waals surface area contributed by atoms with E-state index in [1.165, 1.54) is 10.3 Å². The lowest BCUT2D eigenvalue weighted by Crippen LogP contribution is -2.49. The summed E-state index contributed by atoms with van der Waals surface area (Å²) in [5, 5.41) is 4.22. The number of piperidine rings is 1. The number of aromatic nitrogens is 3. The van der Waals surface area contributed by atoms with Crippen molar-refractivity contribution in [2.75, 3.05) is 18.5 Å². The molecule has 0 unspecified atom stereocenters. The first-order valence-electron chi connectivity index (χ1n) is 16.2. The average molecular weight is 678 g/mol. The summed E-state index contributed by atoms with van der Waals surface area (Å²) in [4.78, 5) is 24.2. The monoisotopic (exact) mass is 677 g/mol. The van der Waals surface area contributed by atoms with E-state index in [0.717, 1.165) is 29.5 Å². The predicted octanol–water partition coefficient (Wildman–Crippen LogP) is 7.14. The smallest absolute Gasteiger partial charge is 0.410 e. The molecule has 2 atom stereocenters. The molecule has 47 heavy (non-hydrogen) atoms. The molecule has 0 spiro atoms. The van der Waals surface area contributed by atoms with E-state index >= 15 is 0 Å². The summed E-state index contributed by atoms with van der Waals surface area (Å²) in [6.45, 7) is 16.0. The molecule has 0 saturated carbocycles. The zero-order valence-corrected chi connectivity index (χ0v) is 30.3. The van der Waals surface area contributed by atoms with Gasteiger partial charge in [-0.2, -0.15) is 0 Å². The van der Waals surface area contributed by atoms with Gasteiger partial charge in [-0.25, -0.2) is 27.2 Å². The van der Waals surface area contributed by atoms with Crippen molar-refractivity contribution in [2.45, 2.75) is 95.6 Å². The molecule has 5 rings (SSSR count). The number of anilines is 1. The molecule has 2 aromatic heterocycles. The lowest BCUT2D eigenvalue weighted by Gasteiger charge is -2.37. The van der Waals surface area contributed by atoms with E-state index in [2.05, 4.69) is 49.1 Å². The van der Waals surface area contributed by atoms with Gasteiger partial charge in [-0.05, 0) is 74.5 Å². The largest absolute Gasteiger partial charge is 0.445 e. The Balaban J connectivity index is 1.44. The van der Waals surface area contributed by atoms with Crippen LogP contribution in [0.15, 0.2) is 72.0 Å². The van der Waals surface area contributed by atoms with E-state index in [9.17, 15) is 13.2 Å². The predicted molar refractivity (Wildman–Crippen MR) is 188 cm³/mol. The second-order valence-electron chi connectivity index (χ2n) is 14.0. The van der Waals surface area contributed by atoms with Crippen LogP contribution in [0.3, 0.4) is 0 Å². The van der Waals surface area contributed by atoms with Crippen molar-refractivity contribution < 1.29 is 22.4 Å². The Morgan fingerprint density at radius 2 is 1.74 bits per heavy atom. The number of nitrogens with one attached hydrogen (secondary N) is 1. The zero-order chi connectivity index (χ0) is 34.0. The molecule has 12 heteroatoms. The number of carbonyl (C=O) groups is 1. The summed E-state index contributed by atoms with van der Waals surface area (Å²) in [6.07, 6.45) is 4.76. The van der Waals surface area contributed by atoms with Crippen molar-refractivity contribution in [2.24, 2.45) is 0 Å². The third-order valence-corrected chi connectivity index (χ3v) is 15.7. The molecule has 3 heterocycles. The first-order chi connectivity index (χ1) is 22.2. The Hall–Kier alpha value is -3.74. The van der Waals surface area contributed by atoms with Crippen LogP contribution in [0.4, 0.5) is 10.6 Å². The van der Waals surface area contributed by atoms with Crippen LogP contribution in [-0.4, -0.2) is 66.9 Å². The van der Waals surface area contributed by atoms with Gasteiger partial charge in [-0.3, -0.25) is 0 Å². The Morgan fingerprint density at radius 1 is 1.04 bits per heavy atom. The lowest BCUT2D eigenvalue weighted by atomic mass is 9.99. The van der Waals surface area contributed by atoms with E-state index in [-0.39, 0.29) is 34.7 Å². The van der Waals surface area contributed by atoms with E-state index < -0.39 is 18.3 Å². The zero-order valence-electron chi connectivity index (χ0n) is 28.5. The SMILES string of the molecule is Cc1ccc(S(=O)(=O)n2cc(CCO[Si](C)(C)C(C)(C)C)c3c(N[C@@H]4CC[C@H](C)N(C(=O)OCc5ccccc5)C4)ncnc32)cc1. The molecular weight excluding hydrogens is 631 g/mol. The number of hydrogen-bond donors (Lipinski definition) is 1. The van der Waals surface area contributed by atoms with Gasteiger partial charge in [0.05, 0.1) is 10.3 Å². The number of rotatable bonds is 10. The van der Waals surface area contributed by atoms with Crippen molar-refractivity contribution >= 4 is 41.3 Å². The fourth-order valence-electron chi connectivity index (χ4n) is 5.52. The number of amides is 1. The minimum atomic E-state index is -3.95. The fraction of sp³-hybridized carbons (Fsp3) is 0.457. The molecule has 0 aliphatic carbocycles. The molecule has 4 aromatic rings. The van der Waals surface area contributed by atoms with Gasteiger partial charge in [0, 0.05) is 31.4 Å². The maximum Gasteiger partial charge on any atom is 0.410 e. The highest BCUT2D eigenvalue weighted by Crippen LogP contribution is 2.37. The summed E-state index contributed by atoms with van der Waals surface area (Å²) >= 11 is 0. The molecule has 1 amide bonds. The van der Waals surface area contributed by atoms with Crippen LogP contribution in [0.25, 0.3) is 11.0 Å². The summed E-state index contributed by atoms with van der Waals surface area (Å²) in [5.41, 5.74) is 2.98. The molecule has 1 aliphatic heterocycles. The Bertz CT molecular complexity index is 1800. The molecule has 1 aliphatic rings. The third-order valence-electron chi connectivity index (χ3n) is 9.51. The molecule has 2 aromatic carbocycles. The van der Waals surface area contributed by atoms with Gasteiger partial charge in [-0.15, -0.1) is 0 Å². The maximum atomic E-state index is 14.0. The van der Waals surface area contributed by atoms with E-state index in [0.29, 0.717) is 36.4 Å². The highest BCUT2D eigenvalue weighted by molar-refractivity contribution is 7.90. The fourth-order valence-corrected chi connectivity index (χ4v) is 7.90. The number of hydrogen-bond acceptors (Lipinski definition) is 8. The highest BCUT2D eigenvalue weighted by Gasteiger charge is 2.37. The molecule has 0 radical (unpaired) electrons. The van der Waals surface area contributed by atoms with Crippen LogP contribution in [0.2, 0.25) is 18.1 Å². The van der Waals surface area contributed by atoms with Gasteiger partial charge in [0.1, 0.15) is 18.8 Å². The second kappa shape index (κ2) is 13.8. The van der Waals surface area contributed by atoms with Crippen LogP contribution in [-0.2, 0) is 32.2 Å². The number of nitrogens with zero attached hydrogens (tertiary/aromatic N) is 4. The van der Waals surface area contributed by atoms with Crippen molar-refractivity contribution in [3.8, 4) is 0 Å². The van der Waals surface area contributed by atoms with Crippen LogP contribution in [0.1, 0.15) is 57.2 Å². The van der Waals surface area contributed by atoms with Crippen LogP contribution < -0.4 is 5.32 Å². The van der Waals surface area contributed by atoms with E-state index in [4.69, 9.17) is 9.16 Å². The molecule has 0 bridgehead atoms. The van der Waals surface area contributed by atoms with Gasteiger partial charge in [0.15, 0.2) is 14.0 Å². The minimum absolute atomic E-state index is 0.0190. The molecule has 1 N–H and O–H groups in total. The van der Waals surface area contributed by atoms with Crippen molar-refractivity contribution in [1.29, 1.82) is 0 Å². The topological polar surface area (TPSA) is 116 Å². The van der Waals surface area contributed by atoms with Crippen molar-refractivity contribution in [3.05, 3.63) is 83.8 Å². The number of ether oxygens (including phenoxy) is 1. The third kappa shape index (κ3) is 7.71. The van der Waals surface area contributed by atoms with Gasteiger partial charge in [0.25, 0.3) is 10.0 Å².